The Kier molecular flexibility index (Phi) is 6.18. The molecular weight excluding hydrogens is 414 g/mol. The molecular formula is C24H22ClN3O3. The normalized spacial score (nSPS) is 14.0. The highest BCUT2D eigenvalue weighted by Gasteiger charge is 2.32. The quantitative estimate of drug-likeness (QED) is 0.429. The molecule has 31 heavy (non-hydrogen) atoms. The number of rotatable bonds is 5. The maximum Gasteiger partial charge on any atom is 0.294 e. The van der Waals surface area contributed by atoms with Gasteiger partial charge in [0.25, 0.3) is 5.69 Å². The summed E-state index contributed by atoms with van der Waals surface area (Å²) < 4.78 is 0. The number of amides is 1. The van der Waals surface area contributed by atoms with Crippen molar-refractivity contribution in [2.45, 2.75) is 5.92 Å². The molecule has 7 heteroatoms. The zero-order chi connectivity index (χ0) is 21.8. The molecule has 0 N–H and O–H groups in total. The van der Waals surface area contributed by atoms with Gasteiger partial charge in [-0.2, -0.15) is 0 Å². The summed E-state index contributed by atoms with van der Waals surface area (Å²) in [6.45, 7) is 1.90. The molecule has 0 unspecified atom stereocenters. The predicted molar refractivity (Wildman–Crippen MR) is 122 cm³/mol. The van der Waals surface area contributed by atoms with Gasteiger partial charge in [0.2, 0.25) is 5.91 Å². The Morgan fingerprint density at radius 1 is 0.839 bits per heavy atom. The number of benzene rings is 3. The van der Waals surface area contributed by atoms with E-state index in [-0.39, 0.29) is 17.5 Å². The van der Waals surface area contributed by atoms with Crippen LogP contribution in [0.15, 0.2) is 78.9 Å². The Bertz CT molecular complexity index is 1030. The van der Waals surface area contributed by atoms with Gasteiger partial charge in [0.15, 0.2) is 0 Å². The van der Waals surface area contributed by atoms with Crippen LogP contribution in [0.3, 0.4) is 0 Å². The molecule has 6 nitrogen and oxygen atoms in total. The van der Waals surface area contributed by atoms with Crippen LogP contribution in [-0.4, -0.2) is 41.9 Å². The number of carbonyl (C=O) groups is 1. The van der Waals surface area contributed by atoms with E-state index in [0.29, 0.717) is 36.9 Å². The molecule has 0 radical (unpaired) electrons. The number of nitro benzene ring substituents is 1. The Labute approximate surface area is 185 Å². The van der Waals surface area contributed by atoms with E-state index in [0.717, 1.165) is 11.1 Å². The van der Waals surface area contributed by atoms with Gasteiger partial charge >= 0.3 is 0 Å². The van der Waals surface area contributed by atoms with Crippen molar-refractivity contribution in [1.29, 1.82) is 0 Å². The number of hydrogen-bond donors (Lipinski definition) is 0. The van der Waals surface area contributed by atoms with Gasteiger partial charge < -0.3 is 9.80 Å². The highest BCUT2D eigenvalue weighted by atomic mass is 35.5. The van der Waals surface area contributed by atoms with E-state index in [1.165, 1.54) is 6.07 Å². The Balaban J connectivity index is 1.56. The molecule has 4 rings (SSSR count). The molecule has 1 aliphatic rings. The Hall–Kier alpha value is -3.38. The van der Waals surface area contributed by atoms with Crippen LogP contribution in [0.4, 0.5) is 11.4 Å². The summed E-state index contributed by atoms with van der Waals surface area (Å²) in [6, 6.07) is 24.2. The van der Waals surface area contributed by atoms with Crippen molar-refractivity contribution in [2.24, 2.45) is 0 Å². The van der Waals surface area contributed by atoms with Crippen LogP contribution in [0.25, 0.3) is 0 Å². The number of nitro groups is 1. The Morgan fingerprint density at radius 3 is 1.90 bits per heavy atom. The van der Waals surface area contributed by atoms with Crippen molar-refractivity contribution >= 4 is 28.9 Å². The summed E-state index contributed by atoms with van der Waals surface area (Å²) in [4.78, 5) is 28.3. The molecule has 0 aromatic heterocycles. The largest absolute Gasteiger partial charge is 0.361 e. The van der Waals surface area contributed by atoms with Crippen LogP contribution >= 0.6 is 11.6 Å². The maximum absolute atomic E-state index is 13.6. The number of halogens is 1. The predicted octanol–water partition coefficient (Wildman–Crippen LogP) is 4.73. The van der Waals surface area contributed by atoms with Crippen LogP contribution in [0.5, 0.6) is 0 Å². The fourth-order valence-corrected chi connectivity index (χ4v) is 4.36. The minimum atomic E-state index is -0.417. The summed E-state index contributed by atoms with van der Waals surface area (Å²) in [5.41, 5.74) is 2.30. The molecule has 0 spiro atoms. The number of nitrogens with zero attached hydrogens (tertiary/aromatic N) is 3. The van der Waals surface area contributed by atoms with E-state index < -0.39 is 4.92 Å². The van der Waals surface area contributed by atoms with Gasteiger partial charge in [-0.15, -0.1) is 0 Å². The van der Waals surface area contributed by atoms with E-state index in [4.69, 9.17) is 11.6 Å². The SMILES string of the molecule is O=C(C(c1ccccc1)c1ccccc1)N1CCN(c2c(Cl)cccc2[N+](=O)[O-])CC1. The van der Waals surface area contributed by atoms with Crippen molar-refractivity contribution in [1.82, 2.24) is 4.90 Å². The van der Waals surface area contributed by atoms with E-state index >= 15 is 0 Å². The first kappa shape index (κ1) is 20.9. The number of hydrogen-bond acceptors (Lipinski definition) is 4. The maximum atomic E-state index is 13.6. The second-order valence-electron chi connectivity index (χ2n) is 7.43. The summed E-state index contributed by atoms with van der Waals surface area (Å²) in [5.74, 6) is -0.352. The number of piperazine rings is 1. The third-order valence-electron chi connectivity index (χ3n) is 5.58. The van der Waals surface area contributed by atoms with Crippen molar-refractivity contribution < 1.29 is 9.72 Å². The van der Waals surface area contributed by atoms with Gasteiger partial charge in [0, 0.05) is 32.2 Å². The van der Waals surface area contributed by atoms with Gasteiger partial charge in [-0.3, -0.25) is 14.9 Å². The Morgan fingerprint density at radius 2 is 1.39 bits per heavy atom. The monoisotopic (exact) mass is 435 g/mol. The molecule has 0 atom stereocenters. The zero-order valence-electron chi connectivity index (χ0n) is 16.9. The summed E-state index contributed by atoms with van der Waals surface area (Å²) in [5, 5.41) is 11.8. The average Bonchev–Trinajstić information content (AvgIpc) is 2.80. The molecule has 0 saturated carbocycles. The molecule has 1 amide bonds. The van der Waals surface area contributed by atoms with Gasteiger partial charge in [-0.05, 0) is 17.2 Å². The third-order valence-corrected chi connectivity index (χ3v) is 5.89. The lowest BCUT2D eigenvalue weighted by atomic mass is 9.90. The summed E-state index contributed by atoms with van der Waals surface area (Å²) in [6.07, 6.45) is 0. The average molecular weight is 436 g/mol. The molecule has 3 aromatic carbocycles. The number of carbonyl (C=O) groups excluding carboxylic acids is 1. The molecule has 0 bridgehead atoms. The molecule has 1 saturated heterocycles. The number of anilines is 1. The molecule has 1 heterocycles. The minimum absolute atomic E-state index is 0.0151. The van der Waals surface area contributed by atoms with Crippen LogP contribution < -0.4 is 4.90 Å². The molecule has 3 aromatic rings. The highest BCUT2D eigenvalue weighted by molar-refractivity contribution is 6.33. The van der Waals surface area contributed by atoms with Gasteiger partial charge in [0.1, 0.15) is 5.69 Å². The third kappa shape index (κ3) is 4.39. The van der Waals surface area contributed by atoms with Crippen molar-refractivity contribution in [3.05, 3.63) is 105 Å². The van der Waals surface area contributed by atoms with Crippen LogP contribution in [0.1, 0.15) is 17.0 Å². The highest BCUT2D eigenvalue weighted by Crippen LogP contribution is 2.36. The lowest BCUT2D eigenvalue weighted by molar-refractivity contribution is -0.384. The fourth-order valence-electron chi connectivity index (χ4n) is 4.07. The van der Waals surface area contributed by atoms with E-state index in [1.54, 1.807) is 12.1 Å². The van der Waals surface area contributed by atoms with Crippen LogP contribution in [0.2, 0.25) is 5.02 Å². The second-order valence-corrected chi connectivity index (χ2v) is 7.84. The lowest BCUT2D eigenvalue weighted by Gasteiger charge is -2.37. The summed E-state index contributed by atoms with van der Waals surface area (Å²) >= 11 is 6.29. The van der Waals surface area contributed by atoms with Gasteiger partial charge in [-0.25, -0.2) is 0 Å². The van der Waals surface area contributed by atoms with Crippen LogP contribution in [-0.2, 0) is 4.79 Å². The molecule has 0 aliphatic carbocycles. The van der Waals surface area contributed by atoms with Crippen LogP contribution in [0, 0.1) is 10.1 Å². The van der Waals surface area contributed by atoms with Crippen molar-refractivity contribution in [3.63, 3.8) is 0 Å². The van der Waals surface area contributed by atoms with Crippen molar-refractivity contribution in [2.75, 3.05) is 31.1 Å². The first-order valence-electron chi connectivity index (χ1n) is 10.1. The topological polar surface area (TPSA) is 66.7 Å². The zero-order valence-corrected chi connectivity index (χ0v) is 17.6. The minimum Gasteiger partial charge on any atom is -0.361 e. The van der Waals surface area contributed by atoms with Crippen molar-refractivity contribution in [3.8, 4) is 0 Å². The molecule has 1 fully saturated rings. The number of para-hydroxylation sites is 1. The summed E-state index contributed by atoms with van der Waals surface area (Å²) in [7, 11) is 0. The smallest absolute Gasteiger partial charge is 0.294 e. The first-order chi connectivity index (χ1) is 15.1. The van der Waals surface area contributed by atoms with E-state index in [2.05, 4.69) is 0 Å². The van der Waals surface area contributed by atoms with Gasteiger partial charge in [-0.1, -0.05) is 78.3 Å². The van der Waals surface area contributed by atoms with Gasteiger partial charge in [0.05, 0.1) is 15.9 Å². The second kappa shape index (κ2) is 9.18. The lowest BCUT2D eigenvalue weighted by Crippen LogP contribution is -2.50. The van der Waals surface area contributed by atoms with E-state index in [9.17, 15) is 14.9 Å². The first-order valence-corrected chi connectivity index (χ1v) is 10.5. The standard InChI is InChI=1S/C24H22ClN3O3/c25-20-12-7-13-21(28(30)31)23(20)26-14-16-27(17-15-26)24(29)22(18-8-3-1-4-9-18)19-10-5-2-6-11-19/h1-13,22H,14-17H2. The molecule has 158 valence electrons. The molecule has 1 aliphatic heterocycles. The fraction of sp³-hybridized carbons (Fsp3) is 0.208. The van der Waals surface area contributed by atoms with E-state index in [1.807, 2.05) is 70.5 Å².